The average Bonchev–Trinajstić information content (AvgIpc) is 3.24. The smallest absolute Gasteiger partial charge is 0.282 e. The number of ether oxygens (including phenoxy) is 3. The second-order valence-electron chi connectivity index (χ2n) is 7.57. The van der Waals surface area contributed by atoms with E-state index in [2.05, 4.69) is 29.2 Å². The van der Waals surface area contributed by atoms with Gasteiger partial charge in [0.1, 0.15) is 0 Å². The topological polar surface area (TPSA) is 40.6 Å². The van der Waals surface area contributed by atoms with Crippen molar-refractivity contribution in [3.8, 4) is 0 Å². The minimum atomic E-state index is -0.856. The minimum Gasteiger partial charge on any atom is -0.331 e. The van der Waals surface area contributed by atoms with Crippen LogP contribution in [0.3, 0.4) is 0 Å². The Morgan fingerprint density at radius 3 is 2.00 bits per heavy atom. The first-order valence-electron chi connectivity index (χ1n) is 11.4. The largest absolute Gasteiger partial charge is 0.331 e. The van der Waals surface area contributed by atoms with Crippen LogP contribution in [0.5, 0.6) is 0 Å². The zero-order valence-corrected chi connectivity index (χ0v) is 23.6. The molecule has 0 aliphatic heterocycles. The molecule has 0 atom stereocenters. The molecule has 0 saturated carbocycles. The van der Waals surface area contributed by atoms with Gasteiger partial charge in [-0.3, -0.25) is 0 Å². The molecule has 1 aromatic heterocycles. The number of hydrogen-bond donors (Lipinski definition) is 0. The van der Waals surface area contributed by atoms with E-state index in [1.54, 1.807) is 43.5 Å². The molecular weight excluding hydrogens is 499 g/mol. The molecular formula is C23H37NO3S5. The lowest BCUT2D eigenvalue weighted by molar-refractivity contribution is -0.355. The number of unbranched alkanes of at least 4 members (excludes halogenated alkanes) is 9. The van der Waals surface area contributed by atoms with Crippen LogP contribution in [0.1, 0.15) is 70.6 Å². The third-order valence-corrected chi connectivity index (χ3v) is 13.0. The lowest BCUT2D eigenvalue weighted by Crippen LogP contribution is -2.35. The first kappa shape index (κ1) is 28.6. The van der Waals surface area contributed by atoms with Gasteiger partial charge in [0.2, 0.25) is 0 Å². The van der Waals surface area contributed by atoms with Crippen LogP contribution in [0.25, 0.3) is 10.2 Å². The summed E-state index contributed by atoms with van der Waals surface area (Å²) in [4.78, 5) is 4.66. The quantitative estimate of drug-likeness (QED) is 0.0943. The zero-order valence-electron chi connectivity index (χ0n) is 19.5. The van der Waals surface area contributed by atoms with E-state index in [4.69, 9.17) is 14.2 Å². The monoisotopic (exact) mass is 535 g/mol. The second-order valence-corrected chi connectivity index (χ2v) is 14.8. The Bertz CT molecular complexity index is 685. The molecule has 2 rings (SSSR count). The second kappa shape index (κ2) is 17.8. The molecule has 2 aromatic rings. The van der Waals surface area contributed by atoms with Gasteiger partial charge in [0, 0.05) is 33.5 Å². The standard InChI is InChI=1S/C23H37NO3S5/c1-25-23(26-2,27-3)18-14-10-8-6-4-5-7-9-11-15-19-28-31-32-30-22-24-20-16-12-13-17-21(20)29-22/h12-13,16-17H,4-11,14-15,18-19H2,1-3H3. The van der Waals surface area contributed by atoms with Gasteiger partial charge in [-0.25, -0.2) is 4.98 Å². The Labute approximate surface area is 213 Å². The SMILES string of the molecule is COC(CCCCCCCCCCCCSSSSc1nc2ccccc2s1)(OC)OC. The lowest BCUT2D eigenvalue weighted by Gasteiger charge is -2.28. The van der Waals surface area contributed by atoms with Crippen LogP contribution >= 0.6 is 52.6 Å². The number of aromatic nitrogens is 1. The Kier molecular flexibility index (Phi) is 15.9. The summed E-state index contributed by atoms with van der Waals surface area (Å²) in [7, 11) is 12.4. The number of para-hydroxylation sites is 1. The molecule has 0 bridgehead atoms. The van der Waals surface area contributed by atoms with Gasteiger partial charge in [0.05, 0.1) is 10.2 Å². The van der Waals surface area contributed by atoms with E-state index < -0.39 is 5.97 Å². The Hall–Kier alpha value is 0.390. The maximum atomic E-state index is 5.33. The van der Waals surface area contributed by atoms with Crippen LogP contribution in [0, 0.1) is 0 Å². The molecule has 0 radical (unpaired) electrons. The molecule has 0 aliphatic carbocycles. The van der Waals surface area contributed by atoms with Crippen LogP contribution < -0.4 is 0 Å². The maximum absolute atomic E-state index is 5.33. The Morgan fingerprint density at radius 2 is 1.38 bits per heavy atom. The molecule has 0 aliphatic rings. The van der Waals surface area contributed by atoms with Gasteiger partial charge in [-0.2, -0.15) is 0 Å². The number of thiazole rings is 1. The number of nitrogens with zero attached hydrogens (tertiary/aromatic N) is 1. The Morgan fingerprint density at radius 1 is 0.781 bits per heavy atom. The van der Waals surface area contributed by atoms with E-state index in [0.29, 0.717) is 0 Å². The fourth-order valence-electron chi connectivity index (χ4n) is 3.46. The summed E-state index contributed by atoms with van der Waals surface area (Å²) in [5.41, 5.74) is 1.11. The number of fused-ring (bicyclic) bond motifs is 1. The van der Waals surface area contributed by atoms with Crippen molar-refractivity contribution in [2.75, 3.05) is 27.1 Å². The summed E-state index contributed by atoms with van der Waals surface area (Å²) in [6, 6.07) is 8.35. The highest BCUT2D eigenvalue weighted by molar-refractivity contribution is 9.26. The molecule has 1 aromatic carbocycles. The third-order valence-electron chi connectivity index (χ3n) is 5.35. The molecule has 32 heavy (non-hydrogen) atoms. The van der Waals surface area contributed by atoms with Gasteiger partial charge in [-0.1, -0.05) is 74.3 Å². The normalized spacial score (nSPS) is 12.1. The molecule has 1 heterocycles. The van der Waals surface area contributed by atoms with Crippen LogP contribution in [0.2, 0.25) is 0 Å². The zero-order chi connectivity index (χ0) is 22.9. The molecule has 9 heteroatoms. The third kappa shape index (κ3) is 11.2. The van der Waals surface area contributed by atoms with E-state index in [1.807, 2.05) is 30.4 Å². The first-order valence-corrected chi connectivity index (χ1v) is 17.2. The number of hydrogen-bond acceptors (Lipinski definition) is 9. The Balaban J connectivity index is 1.32. The van der Waals surface area contributed by atoms with Crippen molar-refractivity contribution < 1.29 is 14.2 Å². The molecule has 182 valence electrons. The number of rotatable bonds is 20. The molecule has 0 unspecified atom stereocenters. The van der Waals surface area contributed by atoms with Crippen molar-refractivity contribution in [3.05, 3.63) is 24.3 Å². The summed E-state index contributed by atoms with van der Waals surface area (Å²) in [6.07, 6.45) is 13.8. The van der Waals surface area contributed by atoms with Crippen molar-refractivity contribution in [3.63, 3.8) is 0 Å². The van der Waals surface area contributed by atoms with Gasteiger partial charge in [0.25, 0.3) is 5.97 Å². The highest BCUT2D eigenvalue weighted by atomic mass is 33.7. The van der Waals surface area contributed by atoms with Gasteiger partial charge in [-0.05, 0) is 55.4 Å². The molecule has 0 spiro atoms. The molecule has 0 N–H and O–H groups in total. The fraction of sp³-hybridized carbons (Fsp3) is 0.696. The summed E-state index contributed by atoms with van der Waals surface area (Å²) in [6.45, 7) is 0. The van der Waals surface area contributed by atoms with Crippen molar-refractivity contribution in [2.45, 2.75) is 80.9 Å². The van der Waals surface area contributed by atoms with E-state index >= 15 is 0 Å². The predicted molar refractivity (Wildman–Crippen MR) is 148 cm³/mol. The number of benzene rings is 1. The molecule has 4 nitrogen and oxygen atoms in total. The van der Waals surface area contributed by atoms with Crippen molar-refractivity contribution in [1.29, 1.82) is 0 Å². The van der Waals surface area contributed by atoms with Crippen LogP contribution in [0.15, 0.2) is 28.6 Å². The fourth-order valence-corrected chi connectivity index (χ4v) is 10.9. The van der Waals surface area contributed by atoms with E-state index in [9.17, 15) is 0 Å². The van der Waals surface area contributed by atoms with Crippen molar-refractivity contribution in [1.82, 2.24) is 4.98 Å². The molecule has 0 saturated heterocycles. The summed E-state index contributed by atoms with van der Waals surface area (Å²) in [5, 5.41) is 0. The summed E-state index contributed by atoms with van der Waals surface area (Å²) < 4.78 is 18.4. The maximum Gasteiger partial charge on any atom is 0.282 e. The number of methoxy groups -OCH3 is 3. The van der Waals surface area contributed by atoms with Crippen LogP contribution in [0.4, 0.5) is 0 Å². The predicted octanol–water partition coefficient (Wildman–Crippen LogP) is 9.22. The summed E-state index contributed by atoms with van der Waals surface area (Å²) in [5.74, 6) is 0.384. The lowest BCUT2D eigenvalue weighted by atomic mass is 10.1. The molecule has 0 amide bonds. The highest BCUT2D eigenvalue weighted by Gasteiger charge is 2.28. The molecule has 0 fully saturated rings. The average molecular weight is 536 g/mol. The van der Waals surface area contributed by atoms with Gasteiger partial charge >= 0.3 is 0 Å². The van der Waals surface area contributed by atoms with E-state index in [1.165, 1.54) is 68.2 Å². The van der Waals surface area contributed by atoms with Gasteiger partial charge in [-0.15, -0.1) is 11.3 Å². The van der Waals surface area contributed by atoms with Crippen molar-refractivity contribution >= 4 is 62.8 Å². The highest BCUT2D eigenvalue weighted by Crippen LogP contribution is 2.48. The van der Waals surface area contributed by atoms with Gasteiger partial charge in [0.15, 0.2) is 4.34 Å². The van der Waals surface area contributed by atoms with Crippen LogP contribution in [-0.2, 0) is 14.2 Å². The van der Waals surface area contributed by atoms with Crippen LogP contribution in [-0.4, -0.2) is 38.0 Å². The van der Waals surface area contributed by atoms with E-state index in [0.717, 1.165) is 22.7 Å². The van der Waals surface area contributed by atoms with Gasteiger partial charge < -0.3 is 14.2 Å². The minimum absolute atomic E-state index is 0.784. The first-order chi connectivity index (χ1) is 15.7. The summed E-state index contributed by atoms with van der Waals surface area (Å²) >= 11 is 1.78. The van der Waals surface area contributed by atoms with Crippen molar-refractivity contribution in [2.24, 2.45) is 0 Å². The van der Waals surface area contributed by atoms with E-state index in [-0.39, 0.29) is 0 Å².